The third-order valence-corrected chi connectivity index (χ3v) is 4.71. The lowest BCUT2D eigenvalue weighted by molar-refractivity contribution is 0.0594. The van der Waals surface area contributed by atoms with Gasteiger partial charge in [0.1, 0.15) is 5.01 Å². The minimum Gasteiger partial charge on any atom is -0.464 e. The van der Waals surface area contributed by atoms with Crippen molar-refractivity contribution >= 4 is 27.3 Å². The summed E-state index contributed by atoms with van der Waals surface area (Å²) in [6.45, 7) is 3.50. The van der Waals surface area contributed by atoms with E-state index in [0.717, 1.165) is 6.26 Å². The van der Waals surface area contributed by atoms with E-state index < -0.39 is 16.0 Å². The fraction of sp³-hybridized carbons (Fsp3) is 0.667. The highest BCUT2D eigenvalue weighted by Crippen LogP contribution is 2.15. The van der Waals surface area contributed by atoms with Gasteiger partial charge in [-0.2, -0.15) is 4.31 Å². The zero-order valence-electron chi connectivity index (χ0n) is 12.4. The van der Waals surface area contributed by atoms with Crippen LogP contribution in [0.5, 0.6) is 0 Å². The standard InChI is InChI=1S/C12H20N2O5S2/c1-4-19-7-5-6-14(21(3,16)17)8-11-13-10(9-20-11)12(15)18-2/h9H,4-8H2,1-3H3. The van der Waals surface area contributed by atoms with E-state index in [-0.39, 0.29) is 12.2 Å². The predicted molar refractivity (Wildman–Crippen MR) is 79.8 cm³/mol. The molecular formula is C12H20N2O5S2. The third-order valence-electron chi connectivity index (χ3n) is 2.63. The van der Waals surface area contributed by atoms with Crippen molar-refractivity contribution in [2.45, 2.75) is 19.9 Å². The molecule has 0 spiro atoms. The first-order valence-corrected chi connectivity index (χ1v) is 9.16. The third kappa shape index (κ3) is 6.08. The number of ether oxygens (including phenoxy) is 2. The van der Waals surface area contributed by atoms with Crippen LogP contribution in [0.1, 0.15) is 28.8 Å². The first kappa shape index (κ1) is 18.0. The number of rotatable bonds is 9. The van der Waals surface area contributed by atoms with Gasteiger partial charge in [-0.3, -0.25) is 0 Å². The van der Waals surface area contributed by atoms with Gasteiger partial charge < -0.3 is 9.47 Å². The van der Waals surface area contributed by atoms with Gasteiger partial charge in [-0.15, -0.1) is 11.3 Å². The Balaban J connectivity index is 2.68. The first-order chi connectivity index (χ1) is 9.88. The molecule has 0 aliphatic carbocycles. The van der Waals surface area contributed by atoms with Crippen molar-refractivity contribution in [3.05, 3.63) is 16.1 Å². The van der Waals surface area contributed by atoms with E-state index in [4.69, 9.17) is 4.74 Å². The number of methoxy groups -OCH3 is 1. The Labute approximate surface area is 128 Å². The van der Waals surface area contributed by atoms with E-state index in [0.29, 0.717) is 31.2 Å². The van der Waals surface area contributed by atoms with Gasteiger partial charge in [0, 0.05) is 25.1 Å². The average Bonchev–Trinajstić information content (AvgIpc) is 2.88. The van der Waals surface area contributed by atoms with Gasteiger partial charge in [-0.05, 0) is 13.3 Å². The number of hydrogen-bond acceptors (Lipinski definition) is 7. The Morgan fingerprint density at radius 2 is 2.19 bits per heavy atom. The minimum atomic E-state index is -3.34. The quantitative estimate of drug-likeness (QED) is 0.496. The number of esters is 1. The number of hydrogen-bond donors (Lipinski definition) is 0. The molecule has 0 aromatic carbocycles. The minimum absolute atomic E-state index is 0.145. The molecule has 1 heterocycles. The van der Waals surface area contributed by atoms with Gasteiger partial charge in [-0.1, -0.05) is 0 Å². The van der Waals surface area contributed by atoms with Crippen LogP contribution < -0.4 is 0 Å². The Morgan fingerprint density at radius 3 is 2.76 bits per heavy atom. The summed E-state index contributed by atoms with van der Waals surface area (Å²) in [6.07, 6.45) is 1.76. The molecule has 0 aliphatic rings. The predicted octanol–water partition coefficient (Wildman–Crippen LogP) is 1.12. The van der Waals surface area contributed by atoms with Gasteiger partial charge in [0.25, 0.3) is 0 Å². The van der Waals surface area contributed by atoms with Crippen LogP contribution in [0.25, 0.3) is 0 Å². The Hall–Kier alpha value is -1.03. The van der Waals surface area contributed by atoms with Gasteiger partial charge in [0.15, 0.2) is 5.69 Å². The maximum absolute atomic E-state index is 11.8. The van der Waals surface area contributed by atoms with Crippen molar-refractivity contribution in [3.63, 3.8) is 0 Å². The smallest absolute Gasteiger partial charge is 0.357 e. The molecule has 1 aromatic heterocycles. The number of carbonyl (C=O) groups is 1. The van der Waals surface area contributed by atoms with Gasteiger partial charge >= 0.3 is 5.97 Å². The Morgan fingerprint density at radius 1 is 1.48 bits per heavy atom. The van der Waals surface area contributed by atoms with Crippen molar-refractivity contribution < 1.29 is 22.7 Å². The summed E-state index contributed by atoms with van der Waals surface area (Å²) in [4.78, 5) is 15.4. The van der Waals surface area contributed by atoms with Crippen LogP contribution in [0.2, 0.25) is 0 Å². The molecule has 7 nitrogen and oxygen atoms in total. The highest BCUT2D eigenvalue weighted by molar-refractivity contribution is 7.88. The van der Waals surface area contributed by atoms with Crippen molar-refractivity contribution in [2.24, 2.45) is 0 Å². The van der Waals surface area contributed by atoms with Crippen LogP contribution in [0.15, 0.2) is 5.38 Å². The number of sulfonamides is 1. The second-order valence-corrected chi connectivity index (χ2v) is 7.19. The molecule has 0 saturated carbocycles. The number of aromatic nitrogens is 1. The molecule has 0 atom stereocenters. The van der Waals surface area contributed by atoms with Crippen LogP contribution in [-0.2, 0) is 26.0 Å². The molecule has 1 aromatic rings. The lowest BCUT2D eigenvalue weighted by Crippen LogP contribution is -2.31. The highest BCUT2D eigenvalue weighted by atomic mass is 32.2. The molecule has 0 fully saturated rings. The molecule has 0 unspecified atom stereocenters. The van der Waals surface area contributed by atoms with E-state index >= 15 is 0 Å². The molecule has 0 amide bonds. The molecule has 0 bridgehead atoms. The number of thiazole rings is 1. The largest absolute Gasteiger partial charge is 0.464 e. The summed E-state index contributed by atoms with van der Waals surface area (Å²) >= 11 is 1.23. The molecule has 1 rings (SSSR count). The zero-order chi connectivity index (χ0) is 15.9. The van der Waals surface area contributed by atoms with Crippen molar-refractivity contribution in [3.8, 4) is 0 Å². The van der Waals surface area contributed by atoms with Crippen LogP contribution >= 0.6 is 11.3 Å². The summed E-state index contributed by atoms with van der Waals surface area (Å²) in [5.41, 5.74) is 0.195. The average molecular weight is 336 g/mol. The van der Waals surface area contributed by atoms with E-state index in [1.807, 2.05) is 6.92 Å². The van der Waals surface area contributed by atoms with E-state index in [1.54, 1.807) is 5.38 Å². The monoisotopic (exact) mass is 336 g/mol. The summed E-state index contributed by atoms with van der Waals surface area (Å²) in [6, 6.07) is 0. The van der Waals surface area contributed by atoms with E-state index in [1.165, 1.54) is 22.8 Å². The first-order valence-electron chi connectivity index (χ1n) is 6.44. The molecular weight excluding hydrogens is 316 g/mol. The van der Waals surface area contributed by atoms with Crippen LogP contribution in [0.3, 0.4) is 0 Å². The summed E-state index contributed by atoms with van der Waals surface area (Å²) in [5.74, 6) is -0.528. The van der Waals surface area contributed by atoms with Gasteiger partial charge in [0.2, 0.25) is 10.0 Å². The normalized spacial score (nSPS) is 11.8. The lowest BCUT2D eigenvalue weighted by Gasteiger charge is -2.18. The second-order valence-electron chi connectivity index (χ2n) is 4.27. The summed E-state index contributed by atoms with van der Waals surface area (Å²) in [5, 5.41) is 2.11. The van der Waals surface area contributed by atoms with E-state index in [9.17, 15) is 13.2 Å². The van der Waals surface area contributed by atoms with Gasteiger partial charge in [0.05, 0.1) is 19.9 Å². The summed E-state index contributed by atoms with van der Waals surface area (Å²) in [7, 11) is -2.06. The van der Waals surface area contributed by atoms with Crippen molar-refractivity contribution in [1.82, 2.24) is 9.29 Å². The molecule has 0 N–H and O–H groups in total. The lowest BCUT2D eigenvalue weighted by atomic mass is 10.4. The second kappa shape index (κ2) is 8.42. The Bertz CT molecular complexity index is 556. The van der Waals surface area contributed by atoms with Crippen molar-refractivity contribution in [2.75, 3.05) is 33.1 Å². The molecule has 9 heteroatoms. The molecule has 0 radical (unpaired) electrons. The molecule has 0 aliphatic heterocycles. The Kier molecular flexibility index (Phi) is 7.23. The molecule has 0 saturated heterocycles. The van der Waals surface area contributed by atoms with E-state index in [2.05, 4.69) is 9.72 Å². The zero-order valence-corrected chi connectivity index (χ0v) is 14.0. The van der Waals surface area contributed by atoms with Crippen LogP contribution in [0, 0.1) is 0 Å². The van der Waals surface area contributed by atoms with Crippen LogP contribution in [-0.4, -0.2) is 56.8 Å². The van der Waals surface area contributed by atoms with Crippen molar-refractivity contribution in [1.29, 1.82) is 0 Å². The van der Waals surface area contributed by atoms with Gasteiger partial charge in [-0.25, -0.2) is 18.2 Å². The highest BCUT2D eigenvalue weighted by Gasteiger charge is 2.19. The maximum Gasteiger partial charge on any atom is 0.357 e. The molecule has 120 valence electrons. The molecule has 21 heavy (non-hydrogen) atoms. The fourth-order valence-corrected chi connectivity index (χ4v) is 3.26. The SMILES string of the molecule is CCOCCCN(Cc1nc(C(=O)OC)cs1)S(C)(=O)=O. The number of carbonyl (C=O) groups excluding carboxylic acids is 1. The van der Waals surface area contributed by atoms with Crippen LogP contribution in [0.4, 0.5) is 0 Å². The number of nitrogens with zero attached hydrogens (tertiary/aromatic N) is 2. The fourth-order valence-electron chi connectivity index (χ4n) is 1.58. The topological polar surface area (TPSA) is 85.8 Å². The summed E-state index contributed by atoms with van der Waals surface area (Å²) < 4.78 is 34.6. The maximum atomic E-state index is 11.8.